The zero-order valence-corrected chi connectivity index (χ0v) is 17.7. The van der Waals surface area contributed by atoms with E-state index in [1.54, 1.807) is 29.1 Å². The highest BCUT2D eigenvalue weighted by atomic mass is 32.1. The van der Waals surface area contributed by atoms with E-state index < -0.39 is 11.6 Å². The maximum atomic E-state index is 13.9. The van der Waals surface area contributed by atoms with Gasteiger partial charge < -0.3 is 5.32 Å². The molecule has 10 heteroatoms. The van der Waals surface area contributed by atoms with Gasteiger partial charge in [-0.15, -0.1) is 11.3 Å². The summed E-state index contributed by atoms with van der Waals surface area (Å²) in [5, 5.41) is 7.61. The number of hydrogen-bond acceptors (Lipinski definition) is 6. The fraction of sp³-hybridized carbons (Fsp3) is 0.182. The Balaban J connectivity index is 1.39. The number of thiazole rings is 1. The smallest absolute Gasteiger partial charge is 0.276 e. The number of carbonyl (C=O) groups excluding carboxylic acids is 2. The number of nitrogens with one attached hydrogen (secondary N) is 1. The number of hydrazine groups is 1. The van der Waals surface area contributed by atoms with E-state index in [4.69, 9.17) is 0 Å². The number of benzene rings is 1. The molecule has 0 aliphatic carbocycles. The number of pyridine rings is 1. The number of aromatic nitrogens is 2. The molecule has 7 nitrogen and oxygen atoms in total. The molecular formula is C22H19F2N5O2S. The molecule has 164 valence electrons. The predicted octanol–water partition coefficient (Wildman–Crippen LogP) is 4.13. The predicted molar refractivity (Wildman–Crippen MR) is 118 cm³/mol. The Morgan fingerprint density at radius 2 is 1.97 bits per heavy atom. The van der Waals surface area contributed by atoms with Crippen molar-refractivity contribution in [1.82, 2.24) is 15.0 Å². The van der Waals surface area contributed by atoms with Gasteiger partial charge in [0.2, 0.25) is 6.41 Å². The molecule has 0 unspecified atom stereocenters. The van der Waals surface area contributed by atoms with Crippen LogP contribution in [0, 0.1) is 11.6 Å². The molecule has 0 bridgehead atoms. The largest absolute Gasteiger partial charge is 0.305 e. The maximum Gasteiger partial charge on any atom is 0.276 e. The molecule has 1 fully saturated rings. The number of nitrogens with zero attached hydrogens (tertiary/aromatic N) is 4. The summed E-state index contributed by atoms with van der Waals surface area (Å²) in [6.45, 7) is 1.06. The van der Waals surface area contributed by atoms with Crippen molar-refractivity contribution in [3.63, 3.8) is 0 Å². The van der Waals surface area contributed by atoms with E-state index in [1.165, 1.54) is 28.6 Å². The summed E-state index contributed by atoms with van der Waals surface area (Å²) < 4.78 is 27.3. The van der Waals surface area contributed by atoms with Crippen LogP contribution < -0.4 is 10.3 Å². The van der Waals surface area contributed by atoms with E-state index in [1.807, 2.05) is 5.01 Å². The minimum Gasteiger partial charge on any atom is -0.305 e. The number of anilines is 2. The van der Waals surface area contributed by atoms with Crippen molar-refractivity contribution in [3.05, 3.63) is 75.9 Å². The molecule has 4 rings (SSSR count). The van der Waals surface area contributed by atoms with Gasteiger partial charge in [0, 0.05) is 24.0 Å². The molecule has 1 aliphatic rings. The van der Waals surface area contributed by atoms with Crippen molar-refractivity contribution in [3.8, 4) is 0 Å². The summed E-state index contributed by atoms with van der Waals surface area (Å²) in [6.07, 6.45) is 5.08. The van der Waals surface area contributed by atoms with E-state index >= 15 is 0 Å². The first-order valence-electron chi connectivity index (χ1n) is 9.83. The Bertz CT molecular complexity index is 1130. The summed E-state index contributed by atoms with van der Waals surface area (Å²) in [4.78, 5) is 32.0. The Morgan fingerprint density at radius 3 is 2.62 bits per heavy atom. The number of amides is 2. The number of halogens is 2. The van der Waals surface area contributed by atoms with Crippen molar-refractivity contribution < 1.29 is 18.4 Å². The average molecular weight is 455 g/mol. The minimum atomic E-state index is -0.485. The zero-order chi connectivity index (χ0) is 22.5. The van der Waals surface area contributed by atoms with Gasteiger partial charge in [0.15, 0.2) is 0 Å². The molecule has 3 heterocycles. The monoisotopic (exact) mass is 455 g/mol. The van der Waals surface area contributed by atoms with Gasteiger partial charge in [0.1, 0.15) is 23.1 Å². The van der Waals surface area contributed by atoms with Crippen LogP contribution in [0.2, 0.25) is 0 Å². The molecule has 0 spiro atoms. The molecule has 1 aliphatic heterocycles. The molecule has 0 saturated carbocycles. The Kier molecular flexibility index (Phi) is 6.62. The van der Waals surface area contributed by atoms with Gasteiger partial charge in [-0.2, -0.15) is 0 Å². The van der Waals surface area contributed by atoms with E-state index in [-0.39, 0.29) is 11.5 Å². The van der Waals surface area contributed by atoms with Gasteiger partial charge in [-0.25, -0.2) is 28.8 Å². The lowest BCUT2D eigenvalue weighted by molar-refractivity contribution is -0.110. The standard InChI is InChI=1S/C22H19F2N5O2S/c23-17-1-3-19(24)16(10-17)9-15-5-7-28(8-6-15)29(14-30)18-2-4-21(25-11-18)27-22(31)20-12-32-13-26-20/h1-4,9-14H,5-8H2,(H,25,27,31). The molecule has 1 N–H and O–H groups in total. The first kappa shape index (κ1) is 21.7. The topological polar surface area (TPSA) is 78.4 Å². The third kappa shape index (κ3) is 5.04. The maximum absolute atomic E-state index is 13.9. The zero-order valence-electron chi connectivity index (χ0n) is 16.9. The molecular weight excluding hydrogens is 436 g/mol. The van der Waals surface area contributed by atoms with E-state index in [2.05, 4.69) is 15.3 Å². The summed E-state index contributed by atoms with van der Waals surface area (Å²) in [5.41, 5.74) is 3.64. The summed E-state index contributed by atoms with van der Waals surface area (Å²) >= 11 is 1.32. The van der Waals surface area contributed by atoms with Gasteiger partial charge in [0.05, 0.1) is 17.4 Å². The Morgan fingerprint density at radius 1 is 1.16 bits per heavy atom. The van der Waals surface area contributed by atoms with Gasteiger partial charge in [0.25, 0.3) is 5.91 Å². The van der Waals surface area contributed by atoms with Crippen LogP contribution in [0.25, 0.3) is 6.08 Å². The van der Waals surface area contributed by atoms with Gasteiger partial charge >= 0.3 is 0 Å². The molecule has 32 heavy (non-hydrogen) atoms. The molecule has 2 amide bonds. The average Bonchev–Trinajstić information content (AvgIpc) is 3.34. The normalized spacial score (nSPS) is 14.1. The van der Waals surface area contributed by atoms with Crippen LogP contribution in [0.5, 0.6) is 0 Å². The number of carbonyl (C=O) groups is 2. The van der Waals surface area contributed by atoms with Crippen LogP contribution in [0.3, 0.4) is 0 Å². The Labute approximate surface area is 187 Å². The van der Waals surface area contributed by atoms with Gasteiger partial charge in [-0.1, -0.05) is 11.6 Å². The minimum absolute atomic E-state index is 0.222. The van der Waals surface area contributed by atoms with Crippen LogP contribution in [-0.4, -0.2) is 40.4 Å². The molecule has 1 saturated heterocycles. The van der Waals surface area contributed by atoms with Crippen LogP contribution in [-0.2, 0) is 4.79 Å². The van der Waals surface area contributed by atoms with Crippen molar-refractivity contribution in [2.45, 2.75) is 12.8 Å². The van der Waals surface area contributed by atoms with Gasteiger partial charge in [-0.3, -0.25) is 9.59 Å². The molecule has 1 aromatic carbocycles. The van der Waals surface area contributed by atoms with E-state index in [0.29, 0.717) is 49.5 Å². The van der Waals surface area contributed by atoms with Crippen molar-refractivity contribution in [2.75, 3.05) is 23.4 Å². The summed E-state index contributed by atoms with van der Waals surface area (Å²) in [7, 11) is 0. The second kappa shape index (κ2) is 9.75. The van der Waals surface area contributed by atoms with Crippen LogP contribution in [0.15, 0.2) is 53.0 Å². The SMILES string of the molecule is O=CN(c1ccc(NC(=O)c2cscn2)nc1)N1CCC(=Cc2cc(F)ccc2F)CC1. The highest BCUT2D eigenvalue weighted by Gasteiger charge is 2.21. The lowest BCUT2D eigenvalue weighted by Crippen LogP contribution is -2.45. The Hall–Kier alpha value is -3.50. The lowest BCUT2D eigenvalue weighted by atomic mass is 10.0. The first-order valence-corrected chi connectivity index (χ1v) is 10.8. The number of hydrogen-bond donors (Lipinski definition) is 1. The fourth-order valence-corrected chi connectivity index (χ4v) is 3.91. The fourth-order valence-electron chi connectivity index (χ4n) is 3.38. The summed E-state index contributed by atoms with van der Waals surface area (Å²) in [5.74, 6) is -0.965. The molecule has 0 atom stereocenters. The lowest BCUT2D eigenvalue weighted by Gasteiger charge is -2.35. The van der Waals surface area contributed by atoms with Crippen molar-refractivity contribution in [1.29, 1.82) is 0 Å². The third-order valence-electron chi connectivity index (χ3n) is 5.02. The molecule has 2 aromatic heterocycles. The quantitative estimate of drug-likeness (QED) is 0.566. The second-order valence-corrected chi connectivity index (χ2v) is 7.82. The van der Waals surface area contributed by atoms with Crippen LogP contribution in [0.4, 0.5) is 20.3 Å². The van der Waals surface area contributed by atoms with Crippen molar-refractivity contribution in [2.24, 2.45) is 0 Å². The van der Waals surface area contributed by atoms with Gasteiger partial charge in [-0.05, 0) is 43.2 Å². The highest BCUT2D eigenvalue weighted by molar-refractivity contribution is 7.07. The van der Waals surface area contributed by atoms with Crippen molar-refractivity contribution >= 4 is 41.2 Å². The third-order valence-corrected chi connectivity index (χ3v) is 5.61. The van der Waals surface area contributed by atoms with E-state index in [9.17, 15) is 18.4 Å². The molecule has 3 aromatic rings. The second-order valence-electron chi connectivity index (χ2n) is 7.10. The van der Waals surface area contributed by atoms with Crippen LogP contribution >= 0.6 is 11.3 Å². The first-order chi connectivity index (χ1) is 15.5. The number of rotatable bonds is 6. The highest BCUT2D eigenvalue weighted by Crippen LogP contribution is 2.25. The number of piperidine rings is 1. The summed E-state index contributed by atoms with van der Waals surface area (Å²) in [6, 6.07) is 6.67. The molecule has 0 radical (unpaired) electrons. The van der Waals surface area contributed by atoms with Crippen LogP contribution in [0.1, 0.15) is 28.9 Å². The van der Waals surface area contributed by atoms with E-state index in [0.717, 1.165) is 17.7 Å².